The fraction of sp³-hybridized carbons (Fsp3) is 0.0909. The molecule has 0 aliphatic heterocycles. The number of nitrogens with zero attached hydrogens (tertiary/aromatic N) is 4. The third kappa shape index (κ3) is 4.77. The summed E-state index contributed by atoms with van der Waals surface area (Å²) >= 11 is 4.72. The van der Waals surface area contributed by atoms with Gasteiger partial charge in [0, 0.05) is 22.0 Å². The highest BCUT2D eigenvalue weighted by molar-refractivity contribution is 9.10. The van der Waals surface area contributed by atoms with Crippen molar-refractivity contribution < 1.29 is 4.79 Å². The largest absolute Gasteiger partial charge is 0.325 e. The van der Waals surface area contributed by atoms with Crippen LogP contribution in [0.3, 0.4) is 0 Å². The number of hydrogen-bond donors (Lipinski definition) is 1. The van der Waals surface area contributed by atoms with E-state index in [1.54, 1.807) is 6.20 Å². The van der Waals surface area contributed by atoms with Crippen LogP contribution in [-0.4, -0.2) is 31.4 Å². The summed E-state index contributed by atoms with van der Waals surface area (Å²) in [5, 5.41) is 12.2. The number of thioether (sulfide) groups is 1. The van der Waals surface area contributed by atoms with Gasteiger partial charge in [-0.15, -0.1) is 10.2 Å². The summed E-state index contributed by atoms with van der Waals surface area (Å²) in [4.78, 5) is 16.8. The lowest BCUT2D eigenvalue weighted by Gasteiger charge is -2.10. The number of pyridine rings is 1. The number of carbonyl (C=O) groups excluding carboxylic acids is 1. The lowest BCUT2D eigenvalue weighted by molar-refractivity contribution is -0.113. The van der Waals surface area contributed by atoms with E-state index in [1.807, 2.05) is 78.2 Å². The molecule has 4 rings (SSSR count). The Morgan fingerprint density at radius 2 is 1.80 bits per heavy atom. The zero-order valence-electron chi connectivity index (χ0n) is 16.1. The van der Waals surface area contributed by atoms with Crippen molar-refractivity contribution in [3.8, 4) is 17.2 Å². The summed E-state index contributed by atoms with van der Waals surface area (Å²) in [6, 6.07) is 21.2. The first-order valence-corrected chi connectivity index (χ1v) is 11.0. The molecule has 4 aromatic rings. The van der Waals surface area contributed by atoms with Crippen molar-refractivity contribution in [2.75, 3.05) is 11.1 Å². The molecule has 0 saturated carbocycles. The number of anilines is 1. The minimum Gasteiger partial charge on any atom is -0.325 e. The van der Waals surface area contributed by atoms with Gasteiger partial charge in [-0.1, -0.05) is 51.5 Å². The highest BCUT2D eigenvalue weighted by Gasteiger charge is 2.18. The first-order chi connectivity index (χ1) is 14.6. The molecule has 0 unspecified atom stereocenters. The van der Waals surface area contributed by atoms with Gasteiger partial charge in [-0.05, 0) is 55.5 Å². The highest BCUT2D eigenvalue weighted by atomic mass is 79.9. The molecule has 2 heterocycles. The predicted molar refractivity (Wildman–Crippen MR) is 123 cm³/mol. The van der Waals surface area contributed by atoms with Crippen LogP contribution < -0.4 is 5.32 Å². The first kappa shape index (κ1) is 20.3. The van der Waals surface area contributed by atoms with Gasteiger partial charge < -0.3 is 5.32 Å². The summed E-state index contributed by atoms with van der Waals surface area (Å²) in [7, 11) is 0. The van der Waals surface area contributed by atoms with E-state index in [2.05, 4.69) is 36.4 Å². The molecule has 0 bridgehead atoms. The maximum Gasteiger partial charge on any atom is 0.234 e. The van der Waals surface area contributed by atoms with Crippen molar-refractivity contribution in [1.29, 1.82) is 0 Å². The smallest absolute Gasteiger partial charge is 0.234 e. The predicted octanol–water partition coefficient (Wildman–Crippen LogP) is 5.13. The van der Waals surface area contributed by atoms with Gasteiger partial charge in [0.05, 0.1) is 5.75 Å². The number of benzene rings is 2. The van der Waals surface area contributed by atoms with Crippen molar-refractivity contribution >= 4 is 39.3 Å². The standard InChI is InChI=1S/C22H18BrN5OS/c1-15-5-11-18(12-6-15)28-21(19-4-2-3-13-24-19)26-27-22(28)30-14-20(29)25-17-9-7-16(23)8-10-17/h2-13H,14H2,1H3,(H,25,29). The van der Waals surface area contributed by atoms with E-state index in [0.29, 0.717) is 11.0 Å². The summed E-state index contributed by atoms with van der Waals surface area (Å²) < 4.78 is 2.89. The highest BCUT2D eigenvalue weighted by Crippen LogP contribution is 2.27. The van der Waals surface area contributed by atoms with Crippen molar-refractivity contribution in [2.24, 2.45) is 0 Å². The molecule has 0 atom stereocenters. The molecule has 1 amide bonds. The number of aryl methyl sites for hydroxylation is 1. The van der Waals surface area contributed by atoms with Crippen LogP contribution in [0.4, 0.5) is 5.69 Å². The second kappa shape index (κ2) is 9.23. The monoisotopic (exact) mass is 479 g/mol. The molecule has 150 valence electrons. The number of carbonyl (C=O) groups is 1. The van der Waals surface area contributed by atoms with Crippen LogP contribution in [0.25, 0.3) is 17.2 Å². The summed E-state index contributed by atoms with van der Waals surface area (Å²) in [6.07, 6.45) is 1.72. The van der Waals surface area contributed by atoms with Crippen molar-refractivity contribution in [3.63, 3.8) is 0 Å². The molecule has 0 fully saturated rings. The fourth-order valence-electron chi connectivity index (χ4n) is 2.81. The van der Waals surface area contributed by atoms with E-state index < -0.39 is 0 Å². The Labute approximate surface area is 186 Å². The minimum absolute atomic E-state index is 0.111. The quantitative estimate of drug-likeness (QED) is 0.388. The van der Waals surface area contributed by atoms with Crippen LogP contribution in [0.15, 0.2) is 82.6 Å². The van der Waals surface area contributed by atoms with Crippen LogP contribution in [0.2, 0.25) is 0 Å². The summed E-state index contributed by atoms with van der Waals surface area (Å²) in [6.45, 7) is 2.04. The van der Waals surface area contributed by atoms with E-state index in [1.165, 1.54) is 11.8 Å². The van der Waals surface area contributed by atoms with Crippen LogP contribution in [0.1, 0.15) is 5.56 Å². The number of halogens is 1. The van der Waals surface area contributed by atoms with Crippen LogP contribution in [0.5, 0.6) is 0 Å². The molecule has 0 radical (unpaired) electrons. The maximum absolute atomic E-state index is 12.4. The molecule has 0 saturated heterocycles. The van der Waals surface area contributed by atoms with Gasteiger partial charge in [0.25, 0.3) is 0 Å². The van der Waals surface area contributed by atoms with Gasteiger partial charge in [0.1, 0.15) is 5.69 Å². The SMILES string of the molecule is Cc1ccc(-n2c(SCC(=O)Nc3ccc(Br)cc3)nnc2-c2ccccn2)cc1. The third-order valence-electron chi connectivity index (χ3n) is 4.28. The van der Waals surface area contributed by atoms with E-state index in [9.17, 15) is 4.79 Å². The molecular formula is C22H18BrN5OS. The number of nitrogens with one attached hydrogen (secondary N) is 1. The zero-order valence-corrected chi connectivity index (χ0v) is 18.5. The van der Waals surface area contributed by atoms with Crippen LogP contribution in [-0.2, 0) is 4.79 Å². The normalized spacial score (nSPS) is 10.7. The molecule has 0 aliphatic rings. The Balaban J connectivity index is 1.58. The molecule has 0 spiro atoms. The number of amides is 1. The average molecular weight is 480 g/mol. The number of aromatic nitrogens is 4. The molecule has 2 aromatic heterocycles. The zero-order chi connectivity index (χ0) is 20.9. The van der Waals surface area contributed by atoms with E-state index in [-0.39, 0.29) is 11.7 Å². The minimum atomic E-state index is -0.111. The Hall–Kier alpha value is -2.97. The molecule has 0 aliphatic carbocycles. The Bertz CT molecular complexity index is 1140. The Kier molecular flexibility index (Phi) is 6.25. The summed E-state index contributed by atoms with van der Waals surface area (Å²) in [5.74, 6) is 0.734. The second-order valence-corrected chi connectivity index (χ2v) is 8.39. The summed E-state index contributed by atoms with van der Waals surface area (Å²) in [5.41, 5.74) is 3.55. The topological polar surface area (TPSA) is 72.7 Å². The molecular weight excluding hydrogens is 462 g/mol. The van der Waals surface area contributed by atoms with Gasteiger partial charge >= 0.3 is 0 Å². The van der Waals surface area contributed by atoms with Gasteiger partial charge in [0.2, 0.25) is 5.91 Å². The lowest BCUT2D eigenvalue weighted by Crippen LogP contribution is -2.14. The lowest BCUT2D eigenvalue weighted by atomic mass is 10.2. The van der Waals surface area contributed by atoms with Gasteiger partial charge in [-0.2, -0.15) is 0 Å². The van der Waals surface area contributed by atoms with Crippen molar-refractivity contribution in [2.45, 2.75) is 12.1 Å². The van der Waals surface area contributed by atoms with E-state index >= 15 is 0 Å². The maximum atomic E-state index is 12.4. The fourth-order valence-corrected chi connectivity index (χ4v) is 3.83. The van der Waals surface area contributed by atoms with Gasteiger partial charge in [-0.3, -0.25) is 14.3 Å². The first-order valence-electron chi connectivity index (χ1n) is 9.22. The number of hydrogen-bond acceptors (Lipinski definition) is 5. The number of rotatable bonds is 6. The molecule has 30 heavy (non-hydrogen) atoms. The van der Waals surface area contributed by atoms with Gasteiger partial charge in [-0.25, -0.2) is 0 Å². The van der Waals surface area contributed by atoms with E-state index in [0.717, 1.165) is 27.1 Å². The Morgan fingerprint density at radius 3 is 2.50 bits per heavy atom. The molecule has 6 nitrogen and oxygen atoms in total. The van der Waals surface area contributed by atoms with E-state index in [4.69, 9.17) is 0 Å². The van der Waals surface area contributed by atoms with Crippen LogP contribution in [0, 0.1) is 6.92 Å². The third-order valence-corrected chi connectivity index (χ3v) is 5.74. The molecule has 8 heteroatoms. The average Bonchev–Trinajstić information content (AvgIpc) is 3.19. The van der Waals surface area contributed by atoms with Gasteiger partial charge in [0.15, 0.2) is 11.0 Å². The van der Waals surface area contributed by atoms with Crippen molar-refractivity contribution in [3.05, 3.63) is 83.0 Å². The molecule has 2 aromatic carbocycles. The van der Waals surface area contributed by atoms with Crippen LogP contribution >= 0.6 is 27.7 Å². The van der Waals surface area contributed by atoms with Crippen molar-refractivity contribution in [1.82, 2.24) is 19.7 Å². The Morgan fingerprint density at radius 1 is 1.03 bits per heavy atom. The molecule has 1 N–H and O–H groups in total. The second-order valence-electron chi connectivity index (χ2n) is 6.54.